The highest BCUT2D eigenvalue weighted by molar-refractivity contribution is 5.57. The molecule has 18 heavy (non-hydrogen) atoms. The van der Waals surface area contributed by atoms with Crippen molar-refractivity contribution in [1.82, 2.24) is 14.8 Å². The molecule has 88 valence electrons. The molecule has 0 unspecified atom stereocenters. The highest BCUT2D eigenvalue weighted by atomic mass is 19.1. The van der Waals surface area contributed by atoms with Crippen LogP contribution in [0.15, 0.2) is 61.1 Å². The normalized spacial score (nSPS) is 10.5. The number of nitrogens with zero attached hydrogens (tertiary/aromatic N) is 3. The lowest BCUT2D eigenvalue weighted by Crippen LogP contribution is -1.94. The molecule has 1 aromatic carbocycles. The molecule has 2 heterocycles. The minimum absolute atomic E-state index is 0.250. The highest BCUT2D eigenvalue weighted by Gasteiger charge is 2.03. The Kier molecular flexibility index (Phi) is 2.61. The summed E-state index contributed by atoms with van der Waals surface area (Å²) in [5, 5.41) is 4.45. The third-order valence-electron chi connectivity index (χ3n) is 2.66. The first-order valence-corrected chi connectivity index (χ1v) is 5.55. The average molecular weight is 239 g/mol. The maximum Gasteiger partial charge on any atom is 0.123 e. The molecule has 4 heteroatoms. The third kappa shape index (κ3) is 2.00. The number of halogens is 1. The molecule has 3 nitrogen and oxygen atoms in total. The lowest BCUT2D eigenvalue weighted by atomic mass is 10.2. The summed E-state index contributed by atoms with van der Waals surface area (Å²) in [4.78, 5) is 3.97. The van der Waals surface area contributed by atoms with Crippen LogP contribution < -0.4 is 0 Å². The lowest BCUT2D eigenvalue weighted by Gasteiger charge is -2.00. The number of hydrogen-bond acceptors (Lipinski definition) is 2. The van der Waals surface area contributed by atoms with E-state index in [2.05, 4.69) is 10.1 Å². The first-order chi connectivity index (χ1) is 8.83. The van der Waals surface area contributed by atoms with Crippen molar-refractivity contribution in [3.8, 4) is 16.9 Å². The zero-order chi connectivity index (χ0) is 12.4. The zero-order valence-electron chi connectivity index (χ0n) is 9.49. The number of hydrogen-bond donors (Lipinski definition) is 0. The molecule has 2 aromatic heterocycles. The summed E-state index contributed by atoms with van der Waals surface area (Å²) >= 11 is 0. The van der Waals surface area contributed by atoms with Gasteiger partial charge in [-0.25, -0.2) is 9.07 Å². The van der Waals surface area contributed by atoms with Crippen LogP contribution in [-0.4, -0.2) is 14.8 Å². The van der Waals surface area contributed by atoms with E-state index in [-0.39, 0.29) is 5.82 Å². The molecule has 0 atom stereocenters. The molecule has 3 aromatic rings. The van der Waals surface area contributed by atoms with Gasteiger partial charge in [0.25, 0.3) is 0 Å². The van der Waals surface area contributed by atoms with Gasteiger partial charge >= 0.3 is 0 Å². The zero-order valence-corrected chi connectivity index (χ0v) is 9.49. The molecule has 3 rings (SSSR count). The van der Waals surface area contributed by atoms with Crippen molar-refractivity contribution in [3.63, 3.8) is 0 Å². The highest BCUT2D eigenvalue weighted by Crippen LogP contribution is 2.17. The molecule has 0 spiro atoms. The van der Waals surface area contributed by atoms with Crippen molar-refractivity contribution in [2.75, 3.05) is 0 Å². The van der Waals surface area contributed by atoms with E-state index in [4.69, 9.17) is 0 Å². The predicted molar refractivity (Wildman–Crippen MR) is 66.8 cm³/mol. The Bertz CT molecular complexity index is 644. The summed E-state index contributed by atoms with van der Waals surface area (Å²) < 4.78 is 14.6. The molecule has 0 amide bonds. The van der Waals surface area contributed by atoms with Gasteiger partial charge in [-0.15, -0.1) is 0 Å². The summed E-state index contributed by atoms with van der Waals surface area (Å²) in [6.07, 6.45) is 5.31. The third-order valence-corrected chi connectivity index (χ3v) is 2.66. The quantitative estimate of drug-likeness (QED) is 0.688. The Morgan fingerprint density at radius 2 is 1.61 bits per heavy atom. The minimum atomic E-state index is -0.250. The van der Waals surface area contributed by atoms with E-state index in [1.54, 1.807) is 29.2 Å². The van der Waals surface area contributed by atoms with Crippen LogP contribution in [0.25, 0.3) is 16.9 Å². The van der Waals surface area contributed by atoms with Crippen LogP contribution in [0, 0.1) is 5.82 Å². The molecule has 0 saturated heterocycles. The van der Waals surface area contributed by atoms with Gasteiger partial charge in [-0.2, -0.15) is 5.10 Å². The van der Waals surface area contributed by atoms with Gasteiger partial charge < -0.3 is 0 Å². The molecular weight excluding hydrogens is 229 g/mol. The predicted octanol–water partition coefficient (Wildman–Crippen LogP) is 3.07. The Hall–Kier alpha value is -2.49. The van der Waals surface area contributed by atoms with Gasteiger partial charge in [-0.3, -0.25) is 4.98 Å². The van der Waals surface area contributed by atoms with E-state index >= 15 is 0 Å². The van der Waals surface area contributed by atoms with Crippen LogP contribution in [-0.2, 0) is 0 Å². The maximum atomic E-state index is 12.8. The first kappa shape index (κ1) is 10.7. The maximum absolute atomic E-state index is 12.8. The van der Waals surface area contributed by atoms with E-state index < -0.39 is 0 Å². The van der Waals surface area contributed by atoms with Gasteiger partial charge in [0.15, 0.2) is 0 Å². The fourth-order valence-electron chi connectivity index (χ4n) is 1.74. The second-order valence-electron chi connectivity index (χ2n) is 3.86. The summed E-state index contributed by atoms with van der Waals surface area (Å²) in [6.45, 7) is 0. The molecule has 0 bridgehead atoms. The van der Waals surface area contributed by atoms with Crippen molar-refractivity contribution in [2.45, 2.75) is 0 Å². The lowest BCUT2D eigenvalue weighted by molar-refractivity contribution is 0.627. The van der Waals surface area contributed by atoms with E-state index in [1.807, 2.05) is 24.4 Å². The number of pyridine rings is 1. The Morgan fingerprint density at radius 3 is 2.33 bits per heavy atom. The number of aromatic nitrogens is 3. The SMILES string of the molecule is Fc1ccc(-n2ccc(-c3ccncc3)n2)cc1. The average Bonchev–Trinajstić information content (AvgIpc) is 2.90. The van der Waals surface area contributed by atoms with Crippen LogP contribution >= 0.6 is 0 Å². The fraction of sp³-hybridized carbons (Fsp3) is 0. The van der Waals surface area contributed by atoms with Crippen molar-refractivity contribution in [2.24, 2.45) is 0 Å². The van der Waals surface area contributed by atoms with E-state index in [0.29, 0.717) is 0 Å². The van der Waals surface area contributed by atoms with E-state index in [1.165, 1.54) is 12.1 Å². The van der Waals surface area contributed by atoms with Crippen molar-refractivity contribution in [1.29, 1.82) is 0 Å². The molecule has 0 aliphatic carbocycles. The van der Waals surface area contributed by atoms with Crippen LogP contribution in [0.4, 0.5) is 4.39 Å². The number of rotatable bonds is 2. The Balaban J connectivity index is 1.97. The molecule has 0 fully saturated rings. The second kappa shape index (κ2) is 4.41. The Morgan fingerprint density at radius 1 is 0.889 bits per heavy atom. The van der Waals surface area contributed by atoms with Gasteiger partial charge in [0, 0.05) is 24.2 Å². The van der Waals surface area contributed by atoms with Gasteiger partial charge in [-0.1, -0.05) is 0 Å². The Labute approximate surface area is 104 Å². The van der Waals surface area contributed by atoms with Crippen molar-refractivity contribution < 1.29 is 4.39 Å². The molecule has 0 aliphatic heterocycles. The summed E-state index contributed by atoms with van der Waals surface area (Å²) in [7, 11) is 0. The molecular formula is C14H10FN3. The molecule has 0 saturated carbocycles. The van der Waals surface area contributed by atoms with E-state index in [9.17, 15) is 4.39 Å². The summed E-state index contributed by atoms with van der Waals surface area (Å²) in [5.74, 6) is -0.250. The van der Waals surface area contributed by atoms with Gasteiger partial charge in [0.2, 0.25) is 0 Å². The number of benzene rings is 1. The van der Waals surface area contributed by atoms with Crippen molar-refractivity contribution in [3.05, 3.63) is 66.9 Å². The first-order valence-electron chi connectivity index (χ1n) is 5.55. The van der Waals surface area contributed by atoms with Gasteiger partial charge in [0.05, 0.1) is 11.4 Å². The van der Waals surface area contributed by atoms with E-state index in [0.717, 1.165) is 16.9 Å². The van der Waals surface area contributed by atoms with Gasteiger partial charge in [0.1, 0.15) is 5.82 Å². The monoisotopic (exact) mass is 239 g/mol. The second-order valence-corrected chi connectivity index (χ2v) is 3.86. The summed E-state index contributed by atoms with van der Waals surface area (Å²) in [6, 6.07) is 11.9. The smallest absolute Gasteiger partial charge is 0.123 e. The molecule has 0 aliphatic rings. The standard InChI is InChI=1S/C14H10FN3/c15-12-1-3-13(4-2-12)18-10-7-14(17-18)11-5-8-16-9-6-11/h1-10H. The van der Waals surface area contributed by atoms with Crippen LogP contribution in [0.1, 0.15) is 0 Å². The van der Waals surface area contributed by atoms with Gasteiger partial charge in [-0.05, 0) is 42.5 Å². The van der Waals surface area contributed by atoms with Crippen LogP contribution in [0.5, 0.6) is 0 Å². The fourth-order valence-corrected chi connectivity index (χ4v) is 1.74. The topological polar surface area (TPSA) is 30.7 Å². The summed E-state index contributed by atoms with van der Waals surface area (Å²) in [5.41, 5.74) is 2.70. The van der Waals surface area contributed by atoms with Crippen LogP contribution in [0.3, 0.4) is 0 Å². The largest absolute Gasteiger partial charge is 0.265 e. The van der Waals surface area contributed by atoms with Crippen LogP contribution in [0.2, 0.25) is 0 Å². The molecule has 0 N–H and O–H groups in total. The van der Waals surface area contributed by atoms with Crippen molar-refractivity contribution >= 4 is 0 Å². The molecule has 0 radical (unpaired) electrons. The minimum Gasteiger partial charge on any atom is -0.265 e.